The van der Waals surface area contributed by atoms with Crippen LogP contribution in [0.15, 0.2) is 5.38 Å². The smallest absolute Gasteiger partial charge is 0.243 e. The summed E-state index contributed by atoms with van der Waals surface area (Å²) in [6.45, 7) is 0. The number of hydrogen-bond donors (Lipinski definition) is 2. The van der Waals surface area contributed by atoms with Gasteiger partial charge in [-0.05, 0) is 25.2 Å². The molecule has 0 saturated heterocycles. The molecule has 1 aromatic rings. The van der Waals surface area contributed by atoms with E-state index >= 15 is 0 Å². The van der Waals surface area contributed by atoms with Gasteiger partial charge in [0.05, 0.1) is 11.7 Å². The molecule has 0 radical (unpaired) electrons. The number of aromatic nitrogens is 1. The summed E-state index contributed by atoms with van der Waals surface area (Å²) in [5.74, 6) is 1.22. The highest BCUT2D eigenvalue weighted by Gasteiger charge is 2.28. The maximum absolute atomic E-state index is 11.8. The zero-order valence-corrected chi connectivity index (χ0v) is 10.5. The Balaban J connectivity index is 1.54. The zero-order valence-electron chi connectivity index (χ0n) is 9.69. The highest BCUT2D eigenvalue weighted by molar-refractivity contribution is 7.13. The first kappa shape index (κ1) is 11.2. The van der Waals surface area contributed by atoms with E-state index < -0.39 is 0 Å². The molecule has 2 aliphatic rings. The largest absolute Gasteiger partial charge is 0.320 e. The van der Waals surface area contributed by atoms with Crippen LogP contribution in [0.5, 0.6) is 0 Å². The second-order valence-corrected chi connectivity index (χ2v) is 5.98. The quantitative estimate of drug-likeness (QED) is 0.842. The van der Waals surface area contributed by atoms with E-state index in [9.17, 15) is 4.79 Å². The molecule has 4 nitrogen and oxygen atoms in total. The minimum Gasteiger partial charge on any atom is -0.320 e. The van der Waals surface area contributed by atoms with E-state index in [-0.39, 0.29) is 11.9 Å². The maximum Gasteiger partial charge on any atom is 0.243 e. The van der Waals surface area contributed by atoms with Crippen LogP contribution in [0.4, 0.5) is 5.13 Å². The van der Waals surface area contributed by atoms with Gasteiger partial charge in [-0.2, -0.15) is 0 Å². The molecule has 3 N–H and O–H groups in total. The Morgan fingerprint density at radius 2 is 2.29 bits per heavy atom. The molecule has 1 unspecified atom stereocenters. The van der Waals surface area contributed by atoms with Crippen LogP contribution < -0.4 is 11.1 Å². The lowest BCUT2D eigenvalue weighted by atomic mass is 10.1. The average molecular weight is 251 g/mol. The Bertz CT molecular complexity index is 423. The number of carbonyl (C=O) groups is 1. The minimum atomic E-state index is -0.379. The van der Waals surface area contributed by atoms with Crippen molar-refractivity contribution in [3.63, 3.8) is 0 Å². The molecule has 2 fully saturated rings. The molecular weight excluding hydrogens is 234 g/mol. The molecule has 1 heterocycles. The molecule has 0 aliphatic heterocycles. The number of amides is 1. The van der Waals surface area contributed by atoms with Crippen molar-refractivity contribution < 1.29 is 4.79 Å². The van der Waals surface area contributed by atoms with Gasteiger partial charge in [0, 0.05) is 11.3 Å². The van der Waals surface area contributed by atoms with Crippen LogP contribution >= 0.6 is 11.3 Å². The van der Waals surface area contributed by atoms with Crippen molar-refractivity contribution in [2.45, 2.75) is 44.1 Å². The van der Waals surface area contributed by atoms with Crippen molar-refractivity contribution in [1.29, 1.82) is 0 Å². The van der Waals surface area contributed by atoms with Crippen LogP contribution in [0.3, 0.4) is 0 Å². The zero-order chi connectivity index (χ0) is 11.8. The topological polar surface area (TPSA) is 68.0 Å². The SMILES string of the molecule is NC(CC1CC1)C(=O)Nc1nc(C2CC2)cs1. The number of nitrogens with one attached hydrogen (secondary N) is 1. The fourth-order valence-corrected chi connectivity index (χ4v) is 2.72. The molecule has 92 valence electrons. The molecule has 0 spiro atoms. The van der Waals surface area contributed by atoms with Crippen molar-refractivity contribution in [3.05, 3.63) is 11.1 Å². The van der Waals surface area contributed by atoms with Gasteiger partial charge in [-0.3, -0.25) is 4.79 Å². The molecule has 17 heavy (non-hydrogen) atoms. The number of thiazole rings is 1. The molecule has 2 aliphatic carbocycles. The van der Waals surface area contributed by atoms with Gasteiger partial charge < -0.3 is 11.1 Å². The second kappa shape index (κ2) is 4.38. The summed E-state index contributed by atoms with van der Waals surface area (Å²) < 4.78 is 0. The molecule has 0 bridgehead atoms. The van der Waals surface area contributed by atoms with Gasteiger partial charge in [0.15, 0.2) is 5.13 Å². The van der Waals surface area contributed by atoms with Crippen LogP contribution in [-0.4, -0.2) is 16.9 Å². The van der Waals surface area contributed by atoms with E-state index in [0.717, 1.165) is 12.1 Å². The van der Waals surface area contributed by atoms with Crippen molar-refractivity contribution in [3.8, 4) is 0 Å². The molecule has 1 aromatic heterocycles. The summed E-state index contributed by atoms with van der Waals surface area (Å²) in [7, 11) is 0. The molecular formula is C12H17N3OS. The van der Waals surface area contributed by atoms with Gasteiger partial charge in [-0.15, -0.1) is 11.3 Å². The fourth-order valence-electron chi connectivity index (χ4n) is 1.93. The number of nitrogens with zero attached hydrogens (tertiary/aromatic N) is 1. The maximum atomic E-state index is 11.8. The van der Waals surface area contributed by atoms with Gasteiger partial charge >= 0.3 is 0 Å². The second-order valence-electron chi connectivity index (χ2n) is 5.13. The number of anilines is 1. The Labute approximate surface area is 105 Å². The summed E-state index contributed by atoms with van der Waals surface area (Å²) in [6.07, 6.45) is 5.73. The Kier molecular flexibility index (Phi) is 2.88. The lowest BCUT2D eigenvalue weighted by Crippen LogP contribution is -2.35. The molecule has 2 saturated carbocycles. The lowest BCUT2D eigenvalue weighted by molar-refractivity contribution is -0.117. The Morgan fingerprint density at radius 3 is 2.94 bits per heavy atom. The van der Waals surface area contributed by atoms with E-state index in [4.69, 9.17) is 5.73 Å². The van der Waals surface area contributed by atoms with E-state index in [0.29, 0.717) is 17.0 Å². The number of rotatable bonds is 5. The number of nitrogens with two attached hydrogens (primary N) is 1. The third kappa shape index (κ3) is 2.84. The normalized spacial score (nSPS) is 21.2. The van der Waals surface area contributed by atoms with E-state index in [1.807, 2.05) is 5.38 Å². The van der Waals surface area contributed by atoms with Gasteiger partial charge in [0.2, 0.25) is 5.91 Å². The predicted molar refractivity (Wildman–Crippen MR) is 68.0 cm³/mol. The van der Waals surface area contributed by atoms with Crippen LogP contribution in [0.25, 0.3) is 0 Å². The van der Waals surface area contributed by atoms with Crippen molar-refractivity contribution in [1.82, 2.24) is 4.98 Å². The van der Waals surface area contributed by atoms with Crippen molar-refractivity contribution in [2.24, 2.45) is 11.7 Å². The fraction of sp³-hybridized carbons (Fsp3) is 0.667. The van der Waals surface area contributed by atoms with Crippen molar-refractivity contribution in [2.75, 3.05) is 5.32 Å². The predicted octanol–water partition coefficient (Wildman–Crippen LogP) is 2.09. The summed E-state index contributed by atoms with van der Waals surface area (Å²) >= 11 is 1.50. The van der Waals surface area contributed by atoms with Crippen LogP contribution in [0.1, 0.15) is 43.7 Å². The van der Waals surface area contributed by atoms with Crippen LogP contribution in [0.2, 0.25) is 0 Å². The highest BCUT2D eigenvalue weighted by Crippen LogP contribution is 2.41. The summed E-state index contributed by atoms with van der Waals surface area (Å²) in [5.41, 5.74) is 6.98. The molecule has 0 aromatic carbocycles. The van der Waals surface area contributed by atoms with Crippen LogP contribution in [0, 0.1) is 5.92 Å². The lowest BCUT2D eigenvalue weighted by Gasteiger charge is -2.09. The van der Waals surface area contributed by atoms with E-state index in [2.05, 4.69) is 10.3 Å². The number of hydrogen-bond acceptors (Lipinski definition) is 4. The molecule has 3 rings (SSSR count). The van der Waals surface area contributed by atoms with Gasteiger partial charge in [0.25, 0.3) is 0 Å². The first-order valence-electron chi connectivity index (χ1n) is 6.24. The summed E-state index contributed by atoms with van der Waals surface area (Å²) in [4.78, 5) is 16.2. The summed E-state index contributed by atoms with van der Waals surface area (Å²) in [6, 6.07) is -0.379. The highest BCUT2D eigenvalue weighted by atomic mass is 32.1. The third-order valence-corrected chi connectivity index (χ3v) is 4.14. The first-order valence-corrected chi connectivity index (χ1v) is 7.12. The van der Waals surface area contributed by atoms with Crippen LogP contribution in [-0.2, 0) is 4.79 Å². The average Bonchev–Trinajstić information content (AvgIpc) is 3.21. The monoisotopic (exact) mass is 251 g/mol. The molecule has 1 amide bonds. The Morgan fingerprint density at radius 1 is 1.53 bits per heavy atom. The third-order valence-electron chi connectivity index (χ3n) is 3.37. The van der Waals surface area contributed by atoms with Crippen molar-refractivity contribution >= 4 is 22.4 Å². The Hall–Kier alpha value is -0.940. The molecule has 1 atom stereocenters. The van der Waals surface area contributed by atoms with E-state index in [1.165, 1.54) is 37.0 Å². The van der Waals surface area contributed by atoms with E-state index in [1.54, 1.807) is 0 Å². The number of carbonyl (C=O) groups excluding carboxylic acids is 1. The summed E-state index contributed by atoms with van der Waals surface area (Å²) in [5, 5.41) is 5.56. The van der Waals surface area contributed by atoms with Gasteiger partial charge in [-0.1, -0.05) is 12.8 Å². The standard InChI is InChI=1S/C12H17N3OS/c13-9(5-7-1-2-7)11(16)15-12-14-10(6-17-12)8-3-4-8/h6-9H,1-5,13H2,(H,14,15,16). The molecule has 5 heteroatoms. The van der Waals surface area contributed by atoms with Gasteiger partial charge in [-0.25, -0.2) is 4.98 Å². The minimum absolute atomic E-state index is 0.0893. The first-order chi connectivity index (χ1) is 8.22. The van der Waals surface area contributed by atoms with Gasteiger partial charge in [0.1, 0.15) is 0 Å².